The number of nitrogen functional groups attached to an aromatic ring is 1. The van der Waals surface area contributed by atoms with E-state index in [0.717, 1.165) is 11.3 Å². The lowest BCUT2D eigenvalue weighted by Crippen LogP contribution is -2.12. The molecule has 1 heterocycles. The Morgan fingerprint density at radius 3 is 2.88 bits per heavy atom. The summed E-state index contributed by atoms with van der Waals surface area (Å²) in [4.78, 5) is 11.9. The molecule has 2 rings (SSSR count). The maximum absolute atomic E-state index is 11.9. The van der Waals surface area contributed by atoms with Crippen LogP contribution in [0.1, 0.15) is 10.4 Å². The zero-order valence-corrected chi connectivity index (χ0v) is 11.4. The molecule has 0 bridgehead atoms. The summed E-state index contributed by atoms with van der Waals surface area (Å²) in [6, 6.07) is 4.95. The molecule has 1 aromatic heterocycles. The quantitative estimate of drug-likeness (QED) is 0.885. The van der Waals surface area contributed by atoms with E-state index in [0.29, 0.717) is 25.3 Å². The smallest absolute Gasteiger partial charge is 0.258 e. The molecule has 0 aliphatic rings. The average molecular weight is 334 g/mol. The maximum Gasteiger partial charge on any atom is 0.258 e. The van der Waals surface area contributed by atoms with E-state index in [4.69, 9.17) is 17.3 Å². The van der Waals surface area contributed by atoms with Crippen LogP contribution in [0.3, 0.4) is 0 Å². The number of nitrogens with one attached hydrogen (secondary N) is 1. The van der Waals surface area contributed by atoms with Crippen LogP contribution in [0.5, 0.6) is 0 Å². The van der Waals surface area contributed by atoms with Gasteiger partial charge < -0.3 is 5.73 Å². The van der Waals surface area contributed by atoms with Gasteiger partial charge >= 0.3 is 0 Å². The highest BCUT2D eigenvalue weighted by Gasteiger charge is 2.12. The molecule has 88 valence electrons. The van der Waals surface area contributed by atoms with Gasteiger partial charge in [-0.3, -0.25) is 10.1 Å². The van der Waals surface area contributed by atoms with Gasteiger partial charge in [-0.1, -0.05) is 22.9 Å². The third kappa shape index (κ3) is 2.93. The average Bonchev–Trinajstić information content (AvgIpc) is 2.67. The van der Waals surface area contributed by atoms with Crippen molar-refractivity contribution in [3.05, 3.63) is 33.3 Å². The van der Waals surface area contributed by atoms with Crippen molar-refractivity contribution in [1.29, 1.82) is 0 Å². The second-order valence-electron chi connectivity index (χ2n) is 3.02. The summed E-state index contributed by atoms with van der Waals surface area (Å²) < 4.78 is 0.650. The summed E-state index contributed by atoms with van der Waals surface area (Å²) in [7, 11) is 0. The van der Waals surface area contributed by atoms with Crippen LogP contribution < -0.4 is 11.1 Å². The Morgan fingerprint density at radius 1 is 1.47 bits per heavy atom. The Hall–Kier alpha value is -1.18. The van der Waals surface area contributed by atoms with Gasteiger partial charge in [0.05, 0.1) is 5.56 Å². The van der Waals surface area contributed by atoms with E-state index < -0.39 is 0 Å². The highest BCUT2D eigenvalue weighted by atomic mass is 79.9. The Bertz CT molecular complexity index is 574. The minimum Gasteiger partial charge on any atom is -0.374 e. The van der Waals surface area contributed by atoms with Gasteiger partial charge in [-0.2, -0.15) is 0 Å². The summed E-state index contributed by atoms with van der Waals surface area (Å²) in [5, 5.41) is 11.0. The number of hydrogen-bond acceptors (Lipinski definition) is 5. The molecule has 0 saturated heterocycles. The standard InChI is InChI=1S/C9H6BrClN4OS/c10-6-2-1-4(11)3-5(6)7(16)13-9-15-14-8(12)17-9/h1-3H,(H2,12,14)(H,13,15,16). The van der Waals surface area contributed by atoms with Crippen molar-refractivity contribution in [1.82, 2.24) is 10.2 Å². The van der Waals surface area contributed by atoms with Crippen LogP contribution in [0, 0.1) is 0 Å². The molecule has 0 radical (unpaired) electrons. The van der Waals surface area contributed by atoms with Crippen molar-refractivity contribution >= 4 is 55.0 Å². The van der Waals surface area contributed by atoms with Crippen molar-refractivity contribution in [3.63, 3.8) is 0 Å². The zero-order chi connectivity index (χ0) is 12.4. The third-order valence-corrected chi connectivity index (χ3v) is 3.43. The minimum absolute atomic E-state index is 0.297. The highest BCUT2D eigenvalue weighted by molar-refractivity contribution is 9.10. The van der Waals surface area contributed by atoms with Gasteiger partial charge in [-0.25, -0.2) is 0 Å². The SMILES string of the molecule is Nc1nnc(NC(=O)c2cc(Cl)ccc2Br)s1. The predicted octanol–water partition coefficient (Wildman–Crippen LogP) is 2.79. The first-order valence-electron chi connectivity index (χ1n) is 4.41. The number of nitrogens with two attached hydrogens (primary N) is 1. The van der Waals surface area contributed by atoms with Crippen LogP contribution in [0.4, 0.5) is 10.3 Å². The van der Waals surface area contributed by atoms with Gasteiger partial charge in [0.1, 0.15) is 0 Å². The second kappa shape index (κ2) is 4.99. The number of hydrogen-bond donors (Lipinski definition) is 2. The predicted molar refractivity (Wildman–Crippen MR) is 71.4 cm³/mol. The van der Waals surface area contributed by atoms with E-state index in [1.54, 1.807) is 18.2 Å². The van der Waals surface area contributed by atoms with E-state index >= 15 is 0 Å². The lowest BCUT2D eigenvalue weighted by atomic mass is 10.2. The summed E-state index contributed by atoms with van der Waals surface area (Å²) in [6.45, 7) is 0. The summed E-state index contributed by atoms with van der Waals surface area (Å²) >= 11 is 10.2. The number of amides is 1. The Labute approximate surface area is 114 Å². The molecule has 5 nitrogen and oxygen atoms in total. The summed E-state index contributed by atoms with van der Waals surface area (Å²) in [5.41, 5.74) is 5.83. The first-order valence-corrected chi connectivity index (χ1v) is 6.40. The molecule has 0 aliphatic carbocycles. The molecule has 17 heavy (non-hydrogen) atoms. The van der Waals surface area contributed by atoms with Crippen LogP contribution in [-0.4, -0.2) is 16.1 Å². The molecule has 2 aromatic rings. The van der Waals surface area contributed by atoms with Gasteiger partial charge in [-0.05, 0) is 34.1 Å². The van der Waals surface area contributed by atoms with Crippen molar-refractivity contribution in [2.75, 3.05) is 11.1 Å². The van der Waals surface area contributed by atoms with Gasteiger partial charge in [0, 0.05) is 9.50 Å². The van der Waals surface area contributed by atoms with Crippen molar-refractivity contribution < 1.29 is 4.79 Å². The van der Waals surface area contributed by atoms with Crippen LogP contribution in [0.2, 0.25) is 5.02 Å². The number of carbonyl (C=O) groups excluding carboxylic acids is 1. The fourth-order valence-electron chi connectivity index (χ4n) is 1.12. The molecule has 1 aromatic carbocycles. The van der Waals surface area contributed by atoms with E-state index in [-0.39, 0.29) is 5.91 Å². The zero-order valence-electron chi connectivity index (χ0n) is 8.28. The van der Waals surface area contributed by atoms with Crippen LogP contribution in [0.15, 0.2) is 22.7 Å². The van der Waals surface area contributed by atoms with Crippen molar-refractivity contribution in [2.45, 2.75) is 0 Å². The van der Waals surface area contributed by atoms with Crippen LogP contribution in [0.25, 0.3) is 0 Å². The molecule has 0 aliphatic heterocycles. The van der Waals surface area contributed by atoms with E-state index in [2.05, 4.69) is 31.4 Å². The first kappa shape index (κ1) is 12.3. The van der Waals surface area contributed by atoms with Gasteiger partial charge in [-0.15, -0.1) is 10.2 Å². The maximum atomic E-state index is 11.9. The minimum atomic E-state index is -0.324. The Kier molecular flexibility index (Phi) is 3.60. The second-order valence-corrected chi connectivity index (χ2v) is 5.32. The van der Waals surface area contributed by atoms with Crippen molar-refractivity contribution in [2.24, 2.45) is 0 Å². The number of rotatable bonds is 2. The first-order chi connectivity index (χ1) is 8.06. The van der Waals surface area contributed by atoms with E-state index in [1.165, 1.54) is 0 Å². The number of anilines is 2. The molecule has 0 atom stereocenters. The molecular formula is C9H6BrClN4OS. The Morgan fingerprint density at radius 2 is 2.24 bits per heavy atom. The molecular weight excluding hydrogens is 328 g/mol. The third-order valence-electron chi connectivity index (χ3n) is 1.83. The fraction of sp³-hybridized carbons (Fsp3) is 0. The number of halogens is 2. The van der Waals surface area contributed by atoms with Crippen LogP contribution >= 0.6 is 38.9 Å². The highest BCUT2D eigenvalue weighted by Crippen LogP contribution is 2.23. The van der Waals surface area contributed by atoms with Gasteiger partial charge in [0.2, 0.25) is 10.3 Å². The topological polar surface area (TPSA) is 80.9 Å². The summed E-state index contributed by atoms with van der Waals surface area (Å²) in [5.74, 6) is -0.324. The van der Waals surface area contributed by atoms with Gasteiger partial charge in [0.25, 0.3) is 5.91 Å². The normalized spacial score (nSPS) is 10.2. The van der Waals surface area contributed by atoms with E-state index in [9.17, 15) is 4.79 Å². The van der Waals surface area contributed by atoms with E-state index in [1.807, 2.05) is 0 Å². The number of carbonyl (C=O) groups is 1. The number of aromatic nitrogens is 2. The Balaban J connectivity index is 2.22. The van der Waals surface area contributed by atoms with Crippen LogP contribution in [-0.2, 0) is 0 Å². The molecule has 1 amide bonds. The van der Waals surface area contributed by atoms with Crippen molar-refractivity contribution in [3.8, 4) is 0 Å². The fourth-order valence-corrected chi connectivity index (χ4v) is 2.22. The number of benzene rings is 1. The lowest BCUT2D eigenvalue weighted by Gasteiger charge is -2.04. The molecule has 0 saturated carbocycles. The molecule has 8 heteroatoms. The molecule has 0 spiro atoms. The monoisotopic (exact) mass is 332 g/mol. The molecule has 0 unspecified atom stereocenters. The lowest BCUT2D eigenvalue weighted by molar-refractivity contribution is 0.102. The number of nitrogens with zero attached hydrogens (tertiary/aromatic N) is 2. The molecule has 0 fully saturated rings. The molecule has 3 N–H and O–H groups in total. The summed E-state index contributed by atoms with van der Waals surface area (Å²) in [6.07, 6.45) is 0. The largest absolute Gasteiger partial charge is 0.374 e. The van der Waals surface area contributed by atoms with Gasteiger partial charge in [0.15, 0.2) is 0 Å².